The Kier molecular flexibility index (Phi) is 9.02. The van der Waals surface area contributed by atoms with Gasteiger partial charge in [-0.1, -0.05) is 30.3 Å². The molecule has 0 saturated heterocycles. The minimum Gasteiger partial charge on any atom is -0.354 e. The van der Waals surface area contributed by atoms with Gasteiger partial charge in [0.2, 0.25) is 16.0 Å². The Balaban J connectivity index is 1.18. The minimum atomic E-state index is -5.14. The topological polar surface area (TPSA) is 96.0 Å². The summed E-state index contributed by atoms with van der Waals surface area (Å²) >= 11 is 0. The van der Waals surface area contributed by atoms with E-state index in [1.807, 2.05) is 54.6 Å². The van der Waals surface area contributed by atoms with Gasteiger partial charge in [-0.25, -0.2) is 18.1 Å². The van der Waals surface area contributed by atoms with Gasteiger partial charge < -0.3 is 10.6 Å². The summed E-state index contributed by atoms with van der Waals surface area (Å²) < 4.78 is 107. The Morgan fingerprint density at radius 2 is 1.30 bits per heavy atom. The number of anilines is 3. The number of halogens is 6. The zero-order valence-corrected chi connectivity index (χ0v) is 24.0. The van der Waals surface area contributed by atoms with E-state index in [0.717, 1.165) is 29.4 Å². The number of benzene rings is 3. The van der Waals surface area contributed by atoms with Crippen LogP contribution in [0.25, 0.3) is 10.9 Å². The van der Waals surface area contributed by atoms with Gasteiger partial charge in [-0.15, -0.1) is 0 Å². The summed E-state index contributed by atoms with van der Waals surface area (Å²) in [7, 11) is -4.61. The van der Waals surface area contributed by atoms with E-state index in [1.54, 1.807) is 0 Å². The van der Waals surface area contributed by atoms with Gasteiger partial charge >= 0.3 is 12.4 Å². The van der Waals surface area contributed by atoms with E-state index in [1.165, 1.54) is 0 Å². The minimum absolute atomic E-state index is 0.0949. The number of hydrogen-bond acceptors (Lipinski definition) is 6. The molecule has 0 amide bonds. The SMILES string of the molecule is O=S(=O)(NC[C@H]1CC[C@H](CNc2nc(Nc3ccccc3)c3ccccc3n2)CC1)c1cc(C(F)(F)F)cc(C(F)(F)F)c1. The maximum Gasteiger partial charge on any atom is 0.416 e. The summed E-state index contributed by atoms with van der Waals surface area (Å²) in [4.78, 5) is 8.22. The molecule has 0 aliphatic heterocycles. The summed E-state index contributed by atoms with van der Waals surface area (Å²) in [6.45, 7) is 0.481. The highest BCUT2D eigenvalue weighted by Gasteiger charge is 2.38. The summed E-state index contributed by atoms with van der Waals surface area (Å²) in [5.74, 6) is 1.23. The number of hydrogen-bond donors (Lipinski definition) is 3. The van der Waals surface area contributed by atoms with Crippen LogP contribution in [0, 0.1) is 11.8 Å². The molecule has 0 atom stereocenters. The lowest BCUT2D eigenvalue weighted by atomic mass is 9.82. The van der Waals surface area contributed by atoms with Gasteiger partial charge in [-0.3, -0.25) is 0 Å². The zero-order valence-electron chi connectivity index (χ0n) is 23.2. The normalized spacial score (nSPS) is 17.9. The molecular formula is C30H29F6N5O2S. The number of rotatable bonds is 9. The quantitative estimate of drug-likeness (QED) is 0.164. The molecule has 1 aliphatic rings. The van der Waals surface area contributed by atoms with Crippen LogP contribution < -0.4 is 15.4 Å². The lowest BCUT2D eigenvalue weighted by Crippen LogP contribution is -2.32. The predicted molar refractivity (Wildman–Crippen MR) is 155 cm³/mol. The average Bonchev–Trinajstić information content (AvgIpc) is 2.99. The largest absolute Gasteiger partial charge is 0.416 e. The molecule has 1 heterocycles. The second-order valence-corrected chi connectivity index (χ2v) is 12.5. The summed E-state index contributed by atoms with van der Waals surface area (Å²) in [5.41, 5.74) is -1.72. The first-order valence-electron chi connectivity index (χ1n) is 13.9. The van der Waals surface area contributed by atoms with Crippen molar-refractivity contribution in [2.75, 3.05) is 23.7 Å². The fourth-order valence-electron chi connectivity index (χ4n) is 5.18. The predicted octanol–water partition coefficient (Wildman–Crippen LogP) is 7.61. The molecule has 3 N–H and O–H groups in total. The van der Waals surface area contributed by atoms with Gasteiger partial charge in [0.25, 0.3) is 0 Å². The molecule has 7 nitrogen and oxygen atoms in total. The van der Waals surface area contributed by atoms with Crippen LogP contribution in [0.4, 0.5) is 43.8 Å². The van der Waals surface area contributed by atoms with E-state index >= 15 is 0 Å². The number of nitrogens with one attached hydrogen (secondary N) is 3. The van der Waals surface area contributed by atoms with Gasteiger partial charge in [-0.2, -0.15) is 31.3 Å². The molecule has 1 fully saturated rings. The molecule has 0 unspecified atom stereocenters. The Hall–Kier alpha value is -3.91. The first kappa shape index (κ1) is 31.5. The van der Waals surface area contributed by atoms with Crippen LogP contribution in [-0.2, 0) is 22.4 Å². The molecule has 234 valence electrons. The zero-order chi connectivity index (χ0) is 31.5. The van der Waals surface area contributed by atoms with Gasteiger partial charge in [0.1, 0.15) is 5.82 Å². The van der Waals surface area contributed by atoms with Crippen molar-refractivity contribution in [3.05, 3.63) is 83.9 Å². The molecule has 3 aromatic carbocycles. The van der Waals surface area contributed by atoms with Gasteiger partial charge in [0.15, 0.2) is 0 Å². The molecule has 5 rings (SSSR count). The van der Waals surface area contributed by atoms with E-state index in [9.17, 15) is 34.8 Å². The summed E-state index contributed by atoms with van der Waals surface area (Å²) in [5, 5.41) is 7.50. The van der Waals surface area contributed by atoms with Crippen molar-refractivity contribution in [2.45, 2.75) is 42.9 Å². The Bertz CT molecular complexity index is 1670. The van der Waals surface area contributed by atoms with Crippen molar-refractivity contribution < 1.29 is 34.8 Å². The Morgan fingerprint density at radius 1 is 0.727 bits per heavy atom. The molecule has 0 bridgehead atoms. The summed E-state index contributed by atoms with van der Waals surface area (Å²) in [6.07, 6.45) is -7.55. The van der Waals surface area contributed by atoms with Gasteiger partial charge in [0.05, 0.1) is 21.5 Å². The van der Waals surface area contributed by atoms with Gasteiger partial charge in [-0.05, 0) is 80.0 Å². The second-order valence-electron chi connectivity index (χ2n) is 10.8. The fourth-order valence-corrected chi connectivity index (χ4v) is 6.36. The molecule has 0 spiro atoms. The smallest absolute Gasteiger partial charge is 0.354 e. The standard InChI is InChI=1S/C30H29F6N5O2S/c31-29(32,33)21-14-22(30(34,35)36)16-24(15-21)44(42,43)38-18-20-12-10-19(11-13-20)17-37-28-40-26-9-5-4-8-25(26)27(41-28)39-23-6-2-1-3-7-23/h1-9,14-16,19-20,38H,10-13,17-18H2,(H2,37,39,40,41)/t19-,20-. The third kappa shape index (κ3) is 7.78. The van der Waals surface area contributed by atoms with Crippen molar-refractivity contribution in [1.29, 1.82) is 0 Å². The van der Waals surface area contributed by atoms with Crippen LogP contribution in [-0.4, -0.2) is 31.5 Å². The highest BCUT2D eigenvalue weighted by molar-refractivity contribution is 7.89. The van der Waals surface area contributed by atoms with Crippen LogP contribution in [0.1, 0.15) is 36.8 Å². The van der Waals surface area contributed by atoms with Crippen molar-refractivity contribution in [3.63, 3.8) is 0 Å². The highest BCUT2D eigenvalue weighted by Crippen LogP contribution is 2.37. The van der Waals surface area contributed by atoms with Crippen LogP contribution in [0.5, 0.6) is 0 Å². The maximum absolute atomic E-state index is 13.2. The van der Waals surface area contributed by atoms with E-state index in [-0.39, 0.29) is 36.6 Å². The number of para-hydroxylation sites is 2. The van der Waals surface area contributed by atoms with Crippen LogP contribution in [0.3, 0.4) is 0 Å². The van der Waals surface area contributed by atoms with Crippen molar-refractivity contribution in [3.8, 4) is 0 Å². The third-order valence-corrected chi connectivity index (χ3v) is 8.99. The van der Waals surface area contributed by atoms with E-state index < -0.39 is 38.4 Å². The molecule has 44 heavy (non-hydrogen) atoms. The molecular weight excluding hydrogens is 608 g/mol. The van der Waals surface area contributed by atoms with Crippen molar-refractivity contribution >= 4 is 38.4 Å². The molecule has 1 saturated carbocycles. The summed E-state index contributed by atoms with van der Waals surface area (Å²) in [6, 6.07) is 17.6. The monoisotopic (exact) mass is 637 g/mol. The number of nitrogens with zero attached hydrogens (tertiary/aromatic N) is 2. The number of fused-ring (bicyclic) bond motifs is 1. The number of alkyl halides is 6. The molecule has 14 heteroatoms. The van der Waals surface area contributed by atoms with Crippen LogP contribution in [0.2, 0.25) is 0 Å². The Morgan fingerprint density at radius 3 is 1.91 bits per heavy atom. The van der Waals surface area contributed by atoms with Crippen LogP contribution in [0.15, 0.2) is 77.7 Å². The van der Waals surface area contributed by atoms with E-state index in [4.69, 9.17) is 0 Å². The third-order valence-electron chi connectivity index (χ3n) is 7.59. The van der Waals surface area contributed by atoms with Crippen molar-refractivity contribution in [1.82, 2.24) is 14.7 Å². The lowest BCUT2D eigenvalue weighted by molar-refractivity contribution is -0.143. The first-order valence-corrected chi connectivity index (χ1v) is 15.4. The first-order chi connectivity index (χ1) is 20.8. The fraction of sp³-hybridized carbons (Fsp3) is 0.333. The van der Waals surface area contributed by atoms with E-state index in [0.29, 0.717) is 31.2 Å². The average molecular weight is 638 g/mol. The van der Waals surface area contributed by atoms with Crippen LogP contribution >= 0.6 is 0 Å². The highest BCUT2D eigenvalue weighted by atomic mass is 32.2. The molecule has 4 aromatic rings. The molecule has 1 aromatic heterocycles. The number of sulfonamides is 1. The van der Waals surface area contributed by atoms with Gasteiger partial charge in [0, 0.05) is 24.2 Å². The lowest BCUT2D eigenvalue weighted by Gasteiger charge is -2.28. The van der Waals surface area contributed by atoms with Crippen molar-refractivity contribution in [2.24, 2.45) is 11.8 Å². The number of aromatic nitrogens is 2. The molecule has 1 aliphatic carbocycles. The second kappa shape index (κ2) is 12.6. The maximum atomic E-state index is 13.2. The Labute approximate surface area is 250 Å². The van der Waals surface area contributed by atoms with E-state index in [2.05, 4.69) is 25.3 Å². The molecule has 0 radical (unpaired) electrons.